The molecular weight excluding hydrogens is 384 g/mol. The summed E-state index contributed by atoms with van der Waals surface area (Å²) in [5.41, 5.74) is 5.03. The summed E-state index contributed by atoms with van der Waals surface area (Å²) in [6.07, 6.45) is -0.0940. The van der Waals surface area contributed by atoms with Crippen molar-refractivity contribution >= 4 is 21.7 Å². The maximum Gasteiger partial charge on any atom is 0.292 e. The minimum Gasteiger partial charge on any atom is -0.352 e. The molecule has 1 N–H and O–H groups in total. The maximum atomic E-state index is 13.8. The topological polar surface area (TPSA) is 121 Å². The second-order valence-electron chi connectivity index (χ2n) is 4.76. The van der Waals surface area contributed by atoms with E-state index in [0.717, 1.165) is 0 Å². The molecule has 0 aliphatic carbocycles. The molecule has 0 aliphatic rings. The van der Waals surface area contributed by atoms with Gasteiger partial charge in [0, 0.05) is 11.5 Å². The Hall–Kier alpha value is -2.63. The molecule has 0 fully saturated rings. The highest BCUT2D eigenvalue weighted by Gasteiger charge is 2.28. The van der Waals surface area contributed by atoms with E-state index in [9.17, 15) is 30.8 Å². The fourth-order valence-corrected chi connectivity index (χ4v) is 2.12. The van der Waals surface area contributed by atoms with Gasteiger partial charge in [-0.15, -0.1) is 0 Å². The summed E-state index contributed by atoms with van der Waals surface area (Å²) in [4.78, 5) is 13.5. The zero-order valence-corrected chi connectivity index (χ0v) is 14.0. The fraction of sp³-hybridized carbons (Fsp3) is 0.308. The monoisotopic (exact) mass is 396 g/mol. The molecule has 1 rings (SSSR count). The number of hydrogen-bond donors (Lipinski definition) is 1. The van der Waals surface area contributed by atoms with E-state index in [-0.39, 0.29) is 24.5 Å². The molecule has 1 aromatic rings. The SMILES string of the molecule is C=C(C)S(=O)(=O)OCCCNC(=O)c1c(F)c(F)c(N=[N+]=[N-])c(F)c1F. The summed E-state index contributed by atoms with van der Waals surface area (Å²) in [5, 5.41) is 4.44. The first kappa shape index (κ1) is 21.4. The van der Waals surface area contributed by atoms with Gasteiger partial charge in [-0.1, -0.05) is 11.7 Å². The summed E-state index contributed by atoms with van der Waals surface area (Å²) in [5.74, 6) is -9.62. The van der Waals surface area contributed by atoms with Gasteiger partial charge < -0.3 is 5.32 Å². The van der Waals surface area contributed by atoms with Crippen LogP contribution in [-0.4, -0.2) is 27.5 Å². The molecule has 26 heavy (non-hydrogen) atoms. The van der Waals surface area contributed by atoms with Crippen molar-refractivity contribution in [1.82, 2.24) is 5.32 Å². The Morgan fingerprint density at radius 2 is 1.77 bits per heavy atom. The van der Waals surface area contributed by atoms with Gasteiger partial charge in [0.1, 0.15) is 11.3 Å². The molecule has 13 heteroatoms. The maximum absolute atomic E-state index is 13.8. The quantitative estimate of drug-likeness (QED) is 0.138. The van der Waals surface area contributed by atoms with Crippen molar-refractivity contribution in [3.05, 3.63) is 50.8 Å². The van der Waals surface area contributed by atoms with E-state index in [1.807, 2.05) is 10.2 Å². The number of nitrogens with zero attached hydrogens (tertiary/aromatic N) is 3. The lowest BCUT2D eigenvalue weighted by atomic mass is 10.1. The number of benzene rings is 1. The van der Waals surface area contributed by atoms with Gasteiger partial charge in [0.05, 0.1) is 11.5 Å². The van der Waals surface area contributed by atoms with Crippen LogP contribution in [0.1, 0.15) is 23.7 Å². The molecule has 0 saturated carbocycles. The molecule has 1 aromatic carbocycles. The van der Waals surface area contributed by atoms with Crippen LogP contribution in [0.2, 0.25) is 0 Å². The molecule has 0 aliphatic heterocycles. The smallest absolute Gasteiger partial charge is 0.292 e. The summed E-state index contributed by atoms with van der Waals surface area (Å²) in [7, 11) is -3.95. The molecule has 0 radical (unpaired) electrons. The molecule has 8 nitrogen and oxygen atoms in total. The number of halogens is 4. The highest BCUT2D eigenvalue weighted by molar-refractivity contribution is 7.90. The third-order valence-corrected chi connectivity index (χ3v) is 4.21. The van der Waals surface area contributed by atoms with Gasteiger partial charge in [0.2, 0.25) is 0 Å². The summed E-state index contributed by atoms with van der Waals surface area (Å²) in [6, 6.07) is 0. The number of rotatable bonds is 8. The number of hydrogen-bond acceptors (Lipinski definition) is 5. The van der Waals surface area contributed by atoms with Crippen molar-refractivity contribution in [2.45, 2.75) is 13.3 Å². The predicted octanol–water partition coefficient (Wildman–Crippen LogP) is 3.18. The highest BCUT2D eigenvalue weighted by atomic mass is 32.2. The molecule has 0 atom stereocenters. The van der Waals surface area contributed by atoms with E-state index in [4.69, 9.17) is 5.53 Å². The Balaban J connectivity index is 2.83. The molecule has 1 amide bonds. The van der Waals surface area contributed by atoms with E-state index in [0.29, 0.717) is 0 Å². The minimum absolute atomic E-state index is 0.0940. The van der Waals surface area contributed by atoms with Crippen molar-refractivity contribution in [2.75, 3.05) is 13.2 Å². The standard InChI is InChI=1S/C13H12F4N4O4S/c1-6(2)26(23,24)25-5-3-4-19-13(22)7-8(14)10(16)12(20-21-18)11(17)9(7)15/h1,3-5H2,2H3,(H,19,22). The Morgan fingerprint density at radius 1 is 1.23 bits per heavy atom. The van der Waals surface area contributed by atoms with Crippen LogP contribution in [0, 0.1) is 23.3 Å². The number of azide groups is 1. The predicted molar refractivity (Wildman–Crippen MR) is 81.7 cm³/mol. The van der Waals surface area contributed by atoms with Crippen LogP contribution in [-0.2, 0) is 14.3 Å². The second-order valence-corrected chi connectivity index (χ2v) is 6.60. The lowest BCUT2D eigenvalue weighted by Gasteiger charge is -2.10. The molecule has 142 valence electrons. The van der Waals surface area contributed by atoms with Gasteiger partial charge >= 0.3 is 0 Å². The van der Waals surface area contributed by atoms with Gasteiger partial charge in [-0.3, -0.25) is 8.98 Å². The number of carbonyl (C=O) groups is 1. The third-order valence-electron chi connectivity index (χ3n) is 2.88. The van der Waals surface area contributed by atoms with Crippen LogP contribution >= 0.6 is 0 Å². The summed E-state index contributed by atoms with van der Waals surface area (Å²) >= 11 is 0. The van der Waals surface area contributed by atoms with Crippen molar-refractivity contribution in [2.24, 2.45) is 5.11 Å². The van der Waals surface area contributed by atoms with Crippen LogP contribution in [0.5, 0.6) is 0 Å². The number of allylic oxidation sites excluding steroid dienone is 1. The van der Waals surface area contributed by atoms with Gasteiger partial charge in [0.25, 0.3) is 16.0 Å². The number of amides is 1. The van der Waals surface area contributed by atoms with Crippen LogP contribution in [0.3, 0.4) is 0 Å². The molecule has 0 heterocycles. The van der Waals surface area contributed by atoms with Crippen LogP contribution in [0.4, 0.5) is 23.2 Å². The van der Waals surface area contributed by atoms with Crippen LogP contribution in [0.25, 0.3) is 10.4 Å². The van der Waals surface area contributed by atoms with Gasteiger partial charge in [0.15, 0.2) is 23.3 Å². The van der Waals surface area contributed by atoms with Crippen molar-refractivity contribution in [3.8, 4) is 0 Å². The lowest BCUT2D eigenvalue weighted by molar-refractivity contribution is 0.0941. The first-order valence-corrected chi connectivity index (χ1v) is 8.19. The largest absolute Gasteiger partial charge is 0.352 e. The normalized spacial score (nSPS) is 11.0. The van der Waals surface area contributed by atoms with E-state index in [2.05, 4.69) is 15.9 Å². The van der Waals surface area contributed by atoms with Crippen molar-refractivity contribution in [1.29, 1.82) is 0 Å². The molecule has 0 saturated heterocycles. The molecule has 0 aromatic heterocycles. The Labute approximate surface area is 145 Å². The van der Waals surface area contributed by atoms with Gasteiger partial charge in [-0.2, -0.15) is 8.42 Å². The zero-order chi connectivity index (χ0) is 20.1. The van der Waals surface area contributed by atoms with Crippen molar-refractivity contribution in [3.63, 3.8) is 0 Å². The molecular formula is C13H12F4N4O4S. The minimum atomic E-state index is -3.95. The Bertz CT molecular complexity index is 869. The van der Waals surface area contributed by atoms with E-state index in [1.54, 1.807) is 0 Å². The van der Waals surface area contributed by atoms with Gasteiger partial charge in [-0.05, 0) is 18.9 Å². The van der Waals surface area contributed by atoms with Crippen molar-refractivity contribution < 1.29 is 35.0 Å². The zero-order valence-electron chi connectivity index (χ0n) is 13.2. The molecule has 0 unspecified atom stereocenters. The molecule has 0 spiro atoms. The Kier molecular flexibility index (Phi) is 7.12. The highest BCUT2D eigenvalue weighted by Crippen LogP contribution is 2.30. The van der Waals surface area contributed by atoms with E-state index in [1.165, 1.54) is 6.92 Å². The fourth-order valence-electron chi connectivity index (χ4n) is 1.58. The Morgan fingerprint density at radius 3 is 2.23 bits per heavy atom. The van der Waals surface area contributed by atoms with Crippen LogP contribution < -0.4 is 5.32 Å². The number of nitrogens with one attached hydrogen (secondary N) is 1. The van der Waals surface area contributed by atoms with E-state index < -0.39 is 50.5 Å². The third kappa shape index (κ3) is 4.71. The molecule has 0 bridgehead atoms. The average Bonchev–Trinajstić information content (AvgIpc) is 2.56. The number of carbonyl (C=O) groups excluding carboxylic acids is 1. The van der Waals surface area contributed by atoms with Crippen LogP contribution in [0.15, 0.2) is 16.6 Å². The van der Waals surface area contributed by atoms with E-state index >= 15 is 0 Å². The second kappa shape index (κ2) is 8.65. The van der Waals surface area contributed by atoms with Gasteiger partial charge in [-0.25, -0.2) is 17.6 Å². The summed E-state index contributed by atoms with van der Waals surface area (Å²) < 4.78 is 81.7. The lowest BCUT2D eigenvalue weighted by Crippen LogP contribution is -2.28. The average molecular weight is 396 g/mol. The first-order chi connectivity index (χ1) is 12.0. The first-order valence-electron chi connectivity index (χ1n) is 6.78. The summed E-state index contributed by atoms with van der Waals surface area (Å²) in [6.45, 7) is 3.69.